The zero-order valence-corrected chi connectivity index (χ0v) is 15.2. The molecule has 0 atom stereocenters. The molecule has 0 radical (unpaired) electrons. The fraction of sp³-hybridized carbons (Fsp3) is 0.316. The number of amides is 2. The van der Waals surface area contributed by atoms with E-state index in [0.717, 1.165) is 0 Å². The van der Waals surface area contributed by atoms with Gasteiger partial charge in [0.25, 0.3) is 5.91 Å². The topological polar surface area (TPSA) is 92.3 Å². The first-order valence-corrected chi connectivity index (χ1v) is 8.37. The lowest BCUT2D eigenvalue weighted by Crippen LogP contribution is -2.35. The van der Waals surface area contributed by atoms with Crippen LogP contribution in [0.5, 0.6) is 0 Å². The Kier molecular flexibility index (Phi) is 6.54. The van der Waals surface area contributed by atoms with Crippen molar-refractivity contribution in [2.45, 2.75) is 26.4 Å². The Morgan fingerprint density at radius 1 is 1.04 bits per heavy atom. The summed E-state index contributed by atoms with van der Waals surface area (Å²) in [5.74, 6) is 0.316. The Balaban J connectivity index is 1.87. The number of rotatable bonds is 6. The molecule has 0 spiro atoms. The van der Waals surface area contributed by atoms with Crippen LogP contribution >= 0.6 is 0 Å². The first-order chi connectivity index (χ1) is 12.3. The largest absolute Gasteiger partial charge is 0.444 e. The number of nitrogens with zero attached hydrogens (tertiary/aromatic N) is 1. The molecule has 2 rings (SSSR count). The SMILES string of the molecule is CC(C)(C)OC(=O)NCCNc1ncccc1NC(=O)c1ccccc1. The lowest BCUT2D eigenvalue weighted by Gasteiger charge is -2.19. The molecule has 0 saturated heterocycles. The van der Waals surface area contributed by atoms with Crippen molar-refractivity contribution in [1.29, 1.82) is 0 Å². The van der Waals surface area contributed by atoms with E-state index in [9.17, 15) is 9.59 Å². The smallest absolute Gasteiger partial charge is 0.407 e. The Bertz CT molecular complexity index is 742. The first kappa shape index (κ1) is 19.2. The molecule has 0 saturated carbocycles. The predicted molar refractivity (Wildman–Crippen MR) is 101 cm³/mol. The van der Waals surface area contributed by atoms with Gasteiger partial charge in [0.15, 0.2) is 0 Å². The molecule has 0 aliphatic heterocycles. The summed E-state index contributed by atoms with van der Waals surface area (Å²) in [6, 6.07) is 12.4. The average molecular weight is 356 g/mol. The molecule has 138 valence electrons. The van der Waals surface area contributed by atoms with Gasteiger partial charge >= 0.3 is 6.09 Å². The minimum absolute atomic E-state index is 0.214. The Labute approximate surface area is 153 Å². The van der Waals surface area contributed by atoms with Gasteiger partial charge in [0.05, 0.1) is 5.69 Å². The summed E-state index contributed by atoms with van der Waals surface area (Å²) in [5, 5.41) is 8.58. The third-order valence-electron chi connectivity index (χ3n) is 3.18. The number of carbonyl (C=O) groups excluding carboxylic acids is 2. The molecule has 7 heteroatoms. The van der Waals surface area contributed by atoms with Gasteiger partial charge in [0.2, 0.25) is 0 Å². The van der Waals surface area contributed by atoms with E-state index in [-0.39, 0.29) is 5.91 Å². The molecular weight excluding hydrogens is 332 g/mol. The molecule has 7 nitrogen and oxygen atoms in total. The summed E-state index contributed by atoms with van der Waals surface area (Å²) in [6.45, 7) is 6.21. The van der Waals surface area contributed by atoms with Gasteiger partial charge in [-0.2, -0.15) is 0 Å². The number of hydrogen-bond acceptors (Lipinski definition) is 5. The van der Waals surface area contributed by atoms with Crippen molar-refractivity contribution in [2.24, 2.45) is 0 Å². The lowest BCUT2D eigenvalue weighted by molar-refractivity contribution is 0.0530. The number of carbonyl (C=O) groups is 2. The van der Waals surface area contributed by atoms with E-state index in [0.29, 0.717) is 30.2 Å². The Hall–Kier alpha value is -3.09. The maximum absolute atomic E-state index is 12.3. The fourth-order valence-electron chi connectivity index (χ4n) is 2.09. The van der Waals surface area contributed by atoms with Crippen molar-refractivity contribution in [3.63, 3.8) is 0 Å². The van der Waals surface area contributed by atoms with Crippen LogP contribution in [0.1, 0.15) is 31.1 Å². The summed E-state index contributed by atoms with van der Waals surface area (Å²) in [7, 11) is 0. The third kappa shape index (κ3) is 6.43. The van der Waals surface area contributed by atoms with E-state index >= 15 is 0 Å². The van der Waals surface area contributed by atoms with E-state index in [4.69, 9.17) is 4.74 Å². The highest BCUT2D eigenvalue weighted by Crippen LogP contribution is 2.18. The standard InChI is InChI=1S/C19H24N4O3/c1-19(2,3)26-18(25)22-13-12-21-16-15(10-7-11-20-16)23-17(24)14-8-5-4-6-9-14/h4-11H,12-13H2,1-3H3,(H,20,21)(H,22,25)(H,23,24). The molecule has 0 aliphatic carbocycles. The average Bonchev–Trinajstić information content (AvgIpc) is 2.59. The number of anilines is 2. The van der Waals surface area contributed by atoms with E-state index in [1.165, 1.54) is 0 Å². The molecule has 0 fully saturated rings. The molecular formula is C19H24N4O3. The number of benzene rings is 1. The van der Waals surface area contributed by atoms with Crippen molar-refractivity contribution < 1.29 is 14.3 Å². The van der Waals surface area contributed by atoms with Gasteiger partial charge in [-0.05, 0) is 45.0 Å². The van der Waals surface area contributed by atoms with E-state index in [2.05, 4.69) is 20.9 Å². The van der Waals surface area contributed by atoms with Crippen molar-refractivity contribution in [2.75, 3.05) is 23.7 Å². The van der Waals surface area contributed by atoms with E-state index in [1.54, 1.807) is 63.4 Å². The number of aromatic nitrogens is 1. The molecule has 1 aromatic carbocycles. The van der Waals surface area contributed by atoms with Crippen LogP contribution in [0.3, 0.4) is 0 Å². The van der Waals surface area contributed by atoms with Crippen LogP contribution in [0.25, 0.3) is 0 Å². The summed E-state index contributed by atoms with van der Waals surface area (Å²) in [5.41, 5.74) is 0.598. The minimum Gasteiger partial charge on any atom is -0.444 e. The summed E-state index contributed by atoms with van der Waals surface area (Å²) >= 11 is 0. The molecule has 0 bridgehead atoms. The number of pyridine rings is 1. The highest BCUT2D eigenvalue weighted by molar-refractivity contribution is 6.05. The zero-order chi connectivity index (χ0) is 19.0. The normalized spacial score (nSPS) is 10.7. The molecule has 3 N–H and O–H groups in total. The van der Waals surface area contributed by atoms with Gasteiger partial charge in [-0.15, -0.1) is 0 Å². The van der Waals surface area contributed by atoms with Crippen LogP contribution in [0.4, 0.5) is 16.3 Å². The Morgan fingerprint density at radius 2 is 1.77 bits per heavy atom. The van der Waals surface area contributed by atoms with E-state index in [1.807, 2.05) is 6.07 Å². The molecule has 26 heavy (non-hydrogen) atoms. The van der Waals surface area contributed by atoms with Crippen molar-refractivity contribution in [1.82, 2.24) is 10.3 Å². The van der Waals surface area contributed by atoms with Gasteiger partial charge in [-0.1, -0.05) is 18.2 Å². The first-order valence-electron chi connectivity index (χ1n) is 8.37. The highest BCUT2D eigenvalue weighted by Gasteiger charge is 2.15. The van der Waals surface area contributed by atoms with Crippen LogP contribution in [0.15, 0.2) is 48.7 Å². The van der Waals surface area contributed by atoms with Gasteiger partial charge in [0, 0.05) is 24.8 Å². The van der Waals surface area contributed by atoms with Crippen LogP contribution in [0.2, 0.25) is 0 Å². The van der Waals surface area contributed by atoms with Gasteiger partial charge < -0.3 is 20.7 Å². The van der Waals surface area contributed by atoms with Crippen LogP contribution in [0, 0.1) is 0 Å². The number of nitrogens with one attached hydrogen (secondary N) is 3. The van der Waals surface area contributed by atoms with Crippen LogP contribution in [-0.4, -0.2) is 35.7 Å². The summed E-state index contributed by atoms with van der Waals surface area (Å²) < 4.78 is 5.16. The number of hydrogen-bond donors (Lipinski definition) is 3. The molecule has 0 aliphatic rings. The quantitative estimate of drug-likeness (QED) is 0.691. The van der Waals surface area contributed by atoms with Crippen molar-refractivity contribution in [3.8, 4) is 0 Å². The molecule has 2 aromatic rings. The lowest BCUT2D eigenvalue weighted by atomic mass is 10.2. The Morgan fingerprint density at radius 3 is 2.46 bits per heavy atom. The third-order valence-corrected chi connectivity index (χ3v) is 3.18. The molecule has 1 aromatic heterocycles. The monoisotopic (exact) mass is 356 g/mol. The minimum atomic E-state index is -0.534. The van der Waals surface area contributed by atoms with Crippen molar-refractivity contribution in [3.05, 3.63) is 54.2 Å². The second-order valence-electron chi connectivity index (χ2n) is 6.58. The zero-order valence-electron chi connectivity index (χ0n) is 15.2. The maximum Gasteiger partial charge on any atom is 0.407 e. The second-order valence-corrected chi connectivity index (χ2v) is 6.58. The fourth-order valence-corrected chi connectivity index (χ4v) is 2.09. The summed E-state index contributed by atoms with van der Waals surface area (Å²) in [6.07, 6.45) is 1.15. The molecule has 1 heterocycles. The number of alkyl carbamates (subject to hydrolysis) is 1. The second kappa shape index (κ2) is 8.84. The van der Waals surface area contributed by atoms with Gasteiger partial charge in [0.1, 0.15) is 11.4 Å². The molecule has 0 unspecified atom stereocenters. The van der Waals surface area contributed by atoms with E-state index < -0.39 is 11.7 Å². The van der Waals surface area contributed by atoms with Crippen molar-refractivity contribution >= 4 is 23.5 Å². The summed E-state index contributed by atoms with van der Waals surface area (Å²) in [4.78, 5) is 28.1. The van der Waals surface area contributed by atoms with Gasteiger partial charge in [-0.25, -0.2) is 9.78 Å². The predicted octanol–water partition coefficient (Wildman–Crippen LogP) is 3.27. The van der Waals surface area contributed by atoms with Gasteiger partial charge in [-0.3, -0.25) is 4.79 Å². The van der Waals surface area contributed by atoms with Crippen LogP contribution < -0.4 is 16.0 Å². The maximum atomic E-state index is 12.3. The molecule has 2 amide bonds. The van der Waals surface area contributed by atoms with Crippen LogP contribution in [-0.2, 0) is 4.74 Å². The number of ether oxygens (including phenoxy) is 1. The highest BCUT2D eigenvalue weighted by atomic mass is 16.6.